The Bertz CT molecular complexity index is 493. The molecule has 0 N–H and O–H groups in total. The summed E-state index contributed by atoms with van der Waals surface area (Å²) in [5.41, 5.74) is 1.84. The summed E-state index contributed by atoms with van der Waals surface area (Å²) in [5, 5.41) is 0. The van der Waals surface area contributed by atoms with Crippen molar-refractivity contribution in [2.24, 2.45) is 0 Å². The van der Waals surface area contributed by atoms with Gasteiger partial charge in [-0.2, -0.15) is 0 Å². The van der Waals surface area contributed by atoms with Gasteiger partial charge in [-0.05, 0) is 38.9 Å². The van der Waals surface area contributed by atoms with Crippen molar-refractivity contribution >= 4 is 17.9 Å². The van der Waals surface area contributed by atoms with E-state index in [0.29, 0.717) is 4.51 Å². The largest absolute Gasteiger partial charge is 0.373 e. The Hall–Kier alpha value is -0.740. The van der Waals surface area contributed by atoms with E-state index >= 15 is 0 Å². The maximum absolute atomic E-state index is 11.9. The van der Waals surface area contributed by atoms with Gasteiger partial charge in [-0.3, -0.25) is 4.79 Å². The highest BCUT2D eigenvalue weighted by atomic mass is 32.1. The molecule has 0 aliphatic rings. The van der Waals surface area contributed by atoms with Crippen LogP contribution in [0.15, 0.2) is 4.79 Å². The molecule has 4 heteroatoms. The molecule has 0 bridgehead atoms. The monoisotopic (exact) mass is 282 g/mol. The third kappa shape index (κ3) is 3.86. The fourth-order valence-electron chi connectivity index (χ4n) is 2.33. The Morgan fingerprint density at radius 3 is 2.05 bits per heavy atom. The topological polar surface area (TPSA) is 23.6 Å². The molecule has 0 amide bonds. The van der Waals surface area contributed by atoms with Gasteiger partial charge in [0.25, 0.3) is 0 Å². The first-order chi connectivity index (χ1) is 8.66. The zero-order valence-electron chi connectivity index (χ0n) is 13.0. The van der Waals surface area contributed by atoms with Gasteiger partial charge in [0.1, 0.15) is 4.51 Å². The number of anilines is 1. The van der Waals surface area contributed by atoms with Crippen LogP contribution in [0.1, 0.15) is 39.2 Å². The van der Waals surface area contributed by atoms with E-state index in [-0.39, 0.29) is 10.8 Å². The molecular formula is C15H26N2OS. The Morgan fingerprint density at radius 2 is 1.58 bits per heavy atom. The van der Waals surface area contributed by atoms with Crippen LogP contribution in [0.3, 0.4) is 0 Å². The minimum Gasteiger partial charge on any atom is -0.373 e. The maximum Gasteiger partial charge on any atom is 0.204 e. The average Bonchev–Trinajstić information content (AvgIpc) is 2.27. The highest BCUT2D eigenvalue weighted by Gasteiger charge is 2.29. The first-order valence-corrected chi connectivity index (χ1v) is 7.26. The molecule has 19 heavy (non-hydrogen) atoms. The summed E-state index contributed by atoms with van der Waals surface area (Å²) < 4.78 is 0.514. The van der Waals surface area contributed by atoms with Crippen molar-refractivity contribution < 1.29 is 0 Å². The first-order valence-electron chi connectivity index (χ1n) is 6.86. The van der Waals surface area contributed by atoms with Crippen molar-refractivity contribution in [2.45, 2.75) is 39.0 Å². The average molecular weight is 282 g/mol. The molecule has 0 fully saturated rings. The lowest BCUT2D eigenvalue weighted by Crippen LogP contribution is -2.35. The van der Waals surface area contributed by atoms with Crippen molar-refractivity contribution in [2.75, 3.05) is 39.1 Å². The fourth-order valence-corrected chi connectivity index (χ4v) is 2.69. The summed E-state index contributed by atoms with van der Waals surface area (Å²) in [6, 6.07) is 0. The van der Waals surface area contributed by atoms with Gasteiger partial charge in [0.05, 0.1) is 5.69 Å². The van der Waals surface area contributed by atoms with Gasteiger partial charge in [-0.25, -0.2) is 0 Å². The highest BCUT2D eigenvalue weighted by Crippen LogP contribution is 2.32. The molecule has 1 rings (SSSR count). The molecular weight excluding hydrogens is 256 g/mol. The van der Waals surface area contributed by atoms with Crippen molar-refractivity contribution in [1.29, 1.82) is 0 Å². The first kappa shape index (κ1) is 16.3. The number of nitrogens with zero attached hydrogens (tertiary/aromatic N) is 2. The van der Waals surface area contributed by atoms with Crippen LogP contribution in [0.4, 0.5) is 5.69 Å². The second-order valence-electron chi connectivity index (χ2n) is 6.56. The summed E-state index contributed by atoms with van der Waals surface area (Å²) in [5.74, 6) is 0. The van der Waals surface area contributed by atoms with E-state index in [1.807, 2.05) is 7.05 Å². The molecule has 0 spiro atoms. The van der Waals surface area contributed by atoms with Gasteiger partial charge >= 0.3 is 0 Å². The summed E-state index contributed by atoms with van der Waals surface area (Å²) in [6.45, 7) is 8.27. The molecule has 0 aliphatic heterocycles. The number of hydrogen-bond acceptors (Lipinski definition) is 4. The molecule has 3 nitrogen and oxygen atoms in total. The third-order valence-electron chi connectivity index (χ3n) is 3.37. The van der Waals surface area contributed by atoms with Crippen LogP contribution in [0.25, 0.3) is 0 Å². The van der Waals surface area contributed by atoms with E-state index in [9.17, 15) is 4.79 Å². The zero-order valence-corrected chi connectivity index (χ0v) is 13.9. The predicted molar refractivity (Wildman–Crippen MR) is 85.7 cm³/mol. The molecule has 0 radical (unpaired) electrons. The standard InChI is InChI=1S/C15H26N2OS/c1-15(2,3)11-12(14(19)13(11)18)17(6)10-8-7-9-16(4)5/h7-10H2,1-6H3. The smallest absolute Gasteiger partial charge is 0.204 e. The molecule has 0 atom stereocenters. The van der Waals surface area contributed by atoms with Crippen LogP contribution < -0.4 is 10.3 Å². The fraction of sp³-hybridized carbons (Fsp3) is 0.733. The second kappa shape index (κ2) is 6.14. The van der Waals surface area contributed by atoms with E-state index < -0.39 is 0 Å². The minimum absolute atomic E-state index is 0.0673. The predicted octanol–water partition coefficient (Wildman–Crippen LogP) is 2.73. The quantitative estimate of drug-likeness (QED) is 0.591. The molecule has 0 unspecified atom stereocenters. The molecule has 1 aromatic rings. The summed E-state index contributed by atoms with van der Waals surface area (Å²) in [4.78, 5) is 16.3. The van der Waals surface area contributed by atoms with E-state index in [1.165, 1.54) is 0 Å². The number of hydrogen-bond donors (Lipinski definition) is 0. The molecule has 0 saturated heterocycles. The SMILES string of the molecule is CN(C)CCCCN(C)c1c(C(C)(C)C)c(=O)c1=S. The molecule has 0 saturated carbocycles. The molecule has 108 valence electrons. The van der Waals surface area contributed by atoms with Gasteiger partial charge in [0.2, 0.25) is 5.43 Å². The summed E-state index contributed by atoms with van der Waals surface area (Å²) in [6.07, 6.45) is 2.28. The van der Waals surface area contributed by atoms with Crippen LogP contribution in [0, 0.1) is 4.51 Å². The summed E-state index contributed by atoms with van der Waals surface area (Å²) in [7, 11) is 6.21. The van der Waals surface area contributed by atoms with Crippen LogP contribution in [0.2, 0.25) is 0 Å². The van der Waals surface area contributed by atoms with Crippen molar-refractivity contribution in [1.82, 2.24) is 4.90 Å². The van der Waals surface area contributed by atoms with Gasteiger partial charge in [0.15, 0.2) is 0 Å². The number of rotatable bonds is 6. The Morgan fingerprint density at radius 1 is 1.05 bits per heavy atom. The minimum atomic E-state index is -0.118. The van der Waals surface area contributed by atoms with Gasteiger partial charge < -0.3 is 9.80 Å². The Labute approximate surface area is 121 Å². The van der Waals surface area contributed by atoms with E-state index in [1.54, 1.807) is 0 Å². The van der Waals surface area contributed by atoms with Crippen molar-refractivity contribution in [3.05, 3.63) is 20.3 Å². The van der Waals surface area contributed by atoms with E-state index in [0.717, 1.165) is 37.2 Å². The van der Waals surface area contributed by atoms with Crippen molar-refractivity contribution in [3.63, 3.8) is 0 Å². The normalized spacial score (nSPS) is 12.4. The van der Waals surface area contributed by atoms with E-state index in [4.69, 9.17) is 12.2 Å². The lowest BCUT2D eigenvalue weighted by atomic mass is 9.82. The Kier molecular flexibility index (Phi) is 5.27. The zero-order chi connectivity index (χ0) is 14.8. The molecule has 0 aliphatic carbocycles. The molecule has 0 heterocycles. The van der Waals surface area contributed by atoms with Gasteiger partial charge in [-0.1, -0.05) is 33.0 Å². The van der Waals surface area contributed by atoms with E-state index in [2.05, 4.69) is 44.7 Å². The lowest BCUT2D eigenvalue weighted by molar-refractivity contribution is 0.395. The Balaban J connectivity index is 2.69. The van der Waals surface area contributed by atoms with Crippen LogP contribution in [-0.4, -0.2) is 39.1 Å². The molecule has 0 aromatic heterocycles. The van der Waals surface area contributed by atoms with Crippen LogP contribution in [0.5, 0.6) is 0 Å². The highest BCUT2D eigenvalue weighted by molar-refractivity contribution is 7.71. The van der Waals surface area contributed by atoms with Crippen LogP contribution in [-0.2, 0) is 5.41 Å². The van der Waals surface area contributed by atoms with Gasteiger partial charge in [0, 0.05) is 19.2 Å². The maximum atomic E-state index is 11.9. The third-order valence-corrected chi connectivity index (χ3v) is 3.74. The van der Waals surface area contributed by atoms with Crippen LogP contribution >= 0.6 is 12.2 Å². The summed E-state index contributed by atoms with van der Waals surface area (Å²) >= 11 is 5.21. The number of unbranched alkanes of at least 4 members (excludes halogenated alkanes) is 1. The van der Waals surface area contributed by atoms with Gasteiger partial charge in [-0.15, -0.1) is 0 Å². The molecule has 1 aromatic carbocycles. The second-order valence-corrected chi connectivity index (χ2v) is 6.97. The lowest BCUT2D eigenvalue weighted by Gasteiger charge is -2.30. The van der Waals surface area contributed by atoms with Crippen molar-refractivity contribution in [3.8, 4) is 0 Å².